The first kappa shape index (κ1) is 8.92. The van der Waals surface area contributed by atoms with Crippen LogP contribution < -0.4 is 11.1 Å². The fraction of sp³-hybridized carbons (Fsp3) is 1.00. The average molecular weight is 130 g/mol. The van der Waals surface area contributed by atoms with Crippen LogP contribution in [0.4, 0.5) is 0 Å². The predicted octanol–water partition coefficient (Wildman–Crippen LogP) is 0.725. The molecule has 0 amide bonds. The van der Waals surface area contributed by atoms with E-state index in [0.717, 1.165) is 19.6 Å². The van der Waals surface area contributed by atoms with Gasteiger partial charge in [-0.1, -0.05) is 13.3 Å². The molecule has 0 fully saturated rings. The highest BCUT2D eigenvalue weighted by Crippen LogP contribution is 1.89. The summed E-state index contributed by atoms with van der Waals surface area (Å²) in [6.07, 6.45) is 3.71. The van der Waals surface area contributed by atoms with Crippen molar-refractivity contribution in [3.8, 4) is 0 Å². The van der Waals surface area contributed by atoms with Crippen molar-refractivity contribution in [2.75, 3.05) is 19.6 Å². The van der Waals surface area contributed by atoms with Crippen LogP contribution in [-0.4, -0.2) is 19.6 Å². The Balaban J connectivity index is 2.60. The Morgan fingerprint density at radius 3 is 2.56 bits per heavy atom. The number of nitrogens with one attached hydrogen (secondary N) is 1. The third kappa shape index (κ3) is 7.92. The SMILES string of the molecule is CCNCCCCCN. The molecule has 0 aliphatic carbocycles. The monoisotopic (exact) mass is 130 g/mol. The van der Waals surface area contributed by atoms with Gasteiger partial charge in [0.05, 0.1) is 0 Å². The quantitative estimate of drug-likeness (QED) is 0.520. The Hall–Kier alpha value is -0.0800. The summed E-state index contributed by atoms with van der Waals surface area (Å²) < 4.78 is 0. The van der Waals surface area contributed by atoms with Crippen LogP contribution in [0.2, 0.25) is 0 Å². The van der Waals surface area contributed by atoms with E-state index < -0.39 is 0 Å². The summed E-state index contributed by atoms with van der Waals surface area (Å²) in [7, 11) is 0. The van der Waals surface area contributed by atoms with Crippen LogP contribution in [0.3, 0.4) is 0 Å². The molecule has 2 heteroatoms. The molecule has 0 aromatic heterocycles. The molecule has 0 radical (unpaired) electrons. The first-order valence-corrected chi connectivity index (χ1v) is 3.82. The van der Waals surface area contributed by atoms with E-state index in [1.807, 2.05) is 0 Å². The van der Waals surface area contributed by atoms with Gasteiger partial charge < -0.3 is 11.1 Å². The molecule has 0 aromatic rings. The lowest BCUT2D eigenvalue weighted by atomic mass is 10.2. The van der Waals surface area contributed by atoms with Crippen LogP contribution in [0.5, 0.6) is 0 Å². The summed E-state index contributed by atoms with van der Waals surface area (Å²) in [6, 6.07) is 0. The van der Waals surface area contributed by atoms with Gasteiger partial charge >= 0.3 is 0 Å². The molecule has 0 rings (SSSR count). The van der Waals surface area contributed by atoms with Crippen molar-refractivity contribution in [3.63, 3.8) is 0 Å². The van der Waals surface area contributed by atoms with Gasteiger partial charge in [0.15, 0.2) is 0 Å². The van der Waals surface area contributed by atoms with E-state index in [2.05, 4.69) is 12.2 Å². The van der Waals surface area contributed by atoms with Gasteiger partial charge in [0, 0.05) is 0 Å². The third-order valence-electron chi connectivity index (χ3n) is 1.31. The van der Waals surface area contributed by atoms with Crippen molar-refractivity contribution in [2.45, 2.75) is 26.2 Å². The Bertz CT molecular complexity index is 40.2. The Labute approximate surface area is 57.8 Å². The summed E-state index contributed by atoms with van der Waals surface area (Å²) in [5.74, 6) is 0. The summed E-state index contributed by atoms with van der Waals surface area (Å²) in [6.45, 7) is 5.20. The molecule has 3 N–H and O–H groups in total. The van der Waals surface area contributed by atoms with E-state index in [0.29, 0.717) is 0 Å². The number of nitrogens with two attached hydrogens (primary N) is 1. The normalized spacial score (nSPS) is 10.0. The van der Waals surface area contributed by atoms with E-state index in [4.69, 9.17) is 5.73 Å². The van der Waals surface area contributed by atoms with Gasteiger partial charge in [-0.15, -0.1) is 0 Å². The summed E-state index contributed by atoms with van der Waals surface area (Å²) >= 11 is 0. The number of unbranched alkanes of at least 4 members (excludes halogenated alkanes) is 2. The summed E-state index contributed by atoms with van der Waals surface area (Å²) in [5, 5.41) is 3.27. The Morgan fingerprint density at radius 2 is 2.00 bits per heavy atom. The lowest BCUT2D eigenvalue weighted by Gasteiger charge is -1.98. The van der Waals surface area contributed by atoms with Gasteiger partial charge in [-0.25, -0.2) is 0 Å². The van der Waals surface area contributed by atoms with Crippen LogP contribution in [0, 0.1) is 0 Å². The highest BCUT2D eigenvalue weighted by Gasteiger charge is 1.84. The van der Waals surface area contributed by atoms with Gasteiger partial charge in [0.25, 0.3) is 0 Å². The van der Waals surface area contributed by atoms with Crippen molar-refractivity contribution in [2.24, 2.45) is 5.73 Å². The van der Waals surface area contributed by atoms with Crippen LogP contribution in [0.15, 0.2) is 0 Å². The number of hydrogen-bond acceptors (Lipinski definition) is 2. The van der Waals surface area contributed by atoms with Crippen molar-refractivity contribution < 1.29 is 0 Å². The van der Waals surface area contributed by atoms with Gasteiger partial charge in [-0.2, -0.15) is 0 Å². The fourth-order valence-electron chi connectivity index (χ4n) is 0.748. The molecule has 2 nitrogen and oxygen atoms in total. The van der Waals surface area contributed by atoms with Crippen LogP contribution in [0.1, 0.15) is 26.2 Å². The molecule has 0 saturated carbocycles. The topological polar surface area (TPSA) is 38.0 Å². The van der Waals surface area contributed by atoms with E-state index in [9.17, 15) is 0 Å². The summed E-state index contributed by atoms with van der Waals surface area (Å²) in [4.78, 5) is 0. The molecule has 0 spiro atoms. The van der Waals surface area contributed by atoms with E-state index in [1.165, 1.54) is 19.3 Å². The second-order valence-electron chi connectivity index (χ2n) is 2.20. The van der Waals surface area contributed by atoms with Gasteiger partial charge in [0.2, 0.25) is 0 Å². The molecule has 9 heavy (non-hydrogen) atoms. The minimum atomic E-state index is 0.839. The second-order valence-corrected chi connectivity index (χ2v) is 2.20. The van der Waals surface area contributed by atoms with Gasteiger partial charge in [-0.3, -0.25) is 0 Å². The predicted molar refractivity (Wildman–Crippen MR) is 41.4 cm³/mol. The van der Waals surface area contributed by atoms with E-state index >= 15 is 0 Å². The first-order chi connectivity index (χ1) is 4.41. The molecule has 0 unspecified atom stereocenters. The van der Waals surface area contributed by atoms with Gasteiger partial charge in [-0.05, 0) is 32.5 Å². The third-order valence-corrected chi connectivity index (χ3v) is 1.31. The van der Waals surface area contributed by atoms with Crippen molar-refractivity contribution in [1.29, 1.82) is 0 Å². The zero-order valence-electron chi connectivity index (χ0n) is 6.32. The molecular weight excluding hydrogens is 112 g/mol. The largest absolute Gasteiger partial charge is 0.330 e. The minimum Gasteiger partial charge on any atom is -0.330 e. The van der Waals surface area contributed by atoms with Crippen molar-refractivity contribution in [3.05, 3.63) is 0 Å². The van der Waals surface area contributed by atoms with Crippen molar-refractivity contribution in [1.82, 2.24) is 5.32 Å². The van der Waals surface area contributed by atoms with E-state index in [-0.39, 0.29) is 0 Å². The molecule has 0 aliphatic rings. The molecule has 0 atom stereocenters. The molecular formula is C7H18N2. The average Bonchev–Trinajstić information content (AvgIpc) is 1.89. The molecule has 0 aromatic carbocycles. The highest BCUT2D eigenvalue weighted by atomic mass is 14.8. The summed E-state index contributed by atoms with van der Waals surface area (Å²) in [5.41, 5.74) is 5.32. The maximum atomic E-state index is 5.32. The Morgan fingerprint density at radius 1 is 1.22 bits per heavy atom. The minimum absolute atomic E-state index is 0.839. The molecule has 0 aliphatic heterocycles. The Kier molecular flexibility index (Phi) is 7.85. The number of hydrogen-bond donors (Lipinski definition) is 2. The van der Waals surface area contributed by atoms with Crippen LogP contribution in [-0.2, 0) is 0 Å². The molecule has 0 bridgehead atoms. The molecule has 56 valence electrons. The fourth-order valence-corrected chi connectivity index (χ4v) is 0.748. The van der Waals surface area contributed by atoms with Crippen molar-refractivity contribution >= 4 is 0 Å². The maximum absolute atomic E-state index is 5.32. The molecule has 0 heterocycles. The zero-order chi connectivity index (χ0) is 6.95. The standard InChI is InChI=1S/C7H18N2/c1-2-9-7-5-3-4-6-8/h9H,2-8H2,1H3. The molecule has 0 saturated heterocycles. The van der Waals surface area contributed by atoms with E-state index in [1.54, 1.807) is 0 Å². The van der Waals surface area contributed by atoms with Crippen LogP contribution >= 0.6 is 0 Å². The van der Waals surface area contributed by atoms with Gasteiger partial charge in [0.1, 0.15) is 0 Å². The lowest BCUT2D eigenvalue weighted by molar-refractivity contribution is 0.621. The number of rotatable bonds is 6. The zero-order valence-corrected chi connectivity index (χ0v) is 6.32. The highest BCUT2D eigenvalue weighted by molar-refractivity contribution is 4.45. The first-order valence-electron chi connectivity index (χ1n) is 3.82. The lowest BCUT2D eigenvalue weighted by Crippen LogP contribution is -2.14. The van der Waals surface area contributed by atoms with Crippen LogP contribution in [0.25, 0.3) is 0 Å². The smallest absolute Gasteiger partial charge is 0.00490 e. The maximum Gasteiger partial charge on any atom is -0.00490 e. The second kappa shape index (κ2) is 7.92.